The molecule has 7 atom stereocenters. The number of hydrogen-bond donors (Lipinski definition) is 4. The lowest BCUT2D eigenvalue weighted by Gasteiger charge is -2.27. The minimum Gasteiger partial charge on any atom is -0.463 e. The summed E-state index contributed by atoms with van der Waals surface area (Å²) in [5, 5.41) is 1.48. The van der Waals surface area contributed by atoms with Gasteiger partial charge in [-0.2, -0.15) is 0 Å². The summed E-state index contributed by atoms with van der Waals surface area (Å²) in [6.45, 7) is 6.55. The number of halogens is 2. The Labute approximate surface area is 300 Å². The molecular weight excluding hydrogens is 672 g/mol. The molecule has 1 aliphatic heterocycles. The molecule has 1 aliphatic carbocycles. The summed E-state index contributed by atoms with van der Waals surface area (Å²) in [5.41, 5.74) is 16.4. The van der Waals surface area contributed by atoms with Crippen LogP contribution in [0.4, 0.5) is 8.78 Å². The molecule has 2 fully saturated rings. The van der Waals surface area contributed by atoms with Gasteiger partial charge in [-0.25, -0.2) is 8.78 Å². The molecule has 0 bridgehead atoms. The van der Waals surface area contributed by atoms with Crippen molar-refractivity contribution in [1.29, 1.82) is 0 Å². The molecule has 1 amide bonds. The van der Waals surface area contributed by atoms with Crippen LogP contribution in [0.2, 0.25) is 0 Å². The molecule has 2 unspecified atom stereocenters. The molecule has 52 heavy (non-hydrogen) atoms. The number of likely N-dealkylation sites (tertiary alicyclic amines) is 1. The molecule has 2 aromatic carbocycles. The normalized spacial score (nSPS) is 22.9. The molecule has 4 aromatic rings. The highest BCUT2D eigenvalue weighted by Crippen LogP contribution is 2.43. The van der Waals surface area contributed by atoms with Crippen LogP contribution in [-0.2, 0) is 41.5 Å². The van der Waals surface area contributed by atoms with Crippen molar-refractivity contribution in [2.45, 2.75) is 103 Å². The molecular formula is C39H47F2N5O6. The fourth-order valence-electron chi connectivity index (χ4n) is 8.30. The van der Waals surface area contributed by atoms with E-state index in [1.807, 2.05) is 13.8 Å². The number of rotatable bonds is 12. The largest absolute Gasteiger partial charge is 0.463 e. The fraction of sp³-hybridized carbons (Fsp3) is 0.487. The number of ketones is 1. The van der Waals surface area contributed by atoms with Gasteiger partial charge in [0.05, 0.1) is 30.0 Å². The lowest BCUT2D eigenvalue weighted by molar-refractivity contribution is -0.147. The Hall–Kier alpha value is -4.62. The van der Waals surface area contributed by atoms with E-state index in [9.17, 15) is 28.0 Å². The van der Waals surface area contributed by atoms with Gasteiger partial charge in [0.1, 0.15) is 23.8 Å². The summed E-state index contributed by atoms with van der Waals surface area (Å²) < 4.78 is 40.6. The molecule has 1 saturated carbocycles. The monoisotopic (exact) mass is 719 g/mol. The molecule has 11 nitrogen and oxygen atoms in total. The van der Waals surface area contributed by atoms with Crippen molar-refractivity contribution < 1.29 is 37.4 Å². The molecule has 6 N–H and O–H groups in total. The second-order valence-electron chi connectivity index (χ2n) is 14.4. The van der Waals surface area contributed by atoms with E-state index in [1.165, 1.54) is 38.1 Å². The topological polar surface area (TPSA) is 174 Å². The number of nitrogens with one attached hydrogen (secondary N) is 2. The van der Waals surface area contributed by atoms with E-state index < -0.39 is 59.8 Å². The van der Waals surface area contributed by atoms with Crippen molar-refractivity contribution >= 4 is 45.4 Å². The summed E-state index contributed by atoms with van der Waals surface area (Å²) in [6, 6.07) is 7.14. The zero-order chi connectivity index (χ0) is 37.4. The van der Waals surface area contributed by atoms with Gasteiger partial charge in [-0.3, -0.25) is 19.2 Å². The van der Waals surface area contributed by atoms with Gasteiger partial charge < -0.3 is 35.8 Å². The highest BCUT2D eigenvalue weighted by atomic mass is 19.1. The Morgan fingerprint density at radius 2 is 1.33 bits per heavy atom. The first kappa shape index (κ1) is 37.1. The minimum atomic E-state index is -0.732. The Balaban J connectivity index is 1.47. The van der Waals surface area contributed by atoms with Crippen LogP contribution >= 0.6 is 0 Å². The first-order chi connectivity index (χ1) is 24.8. The smallest absolute Gasteiger partial charge is 0.302 e. The van der Waals surface area contributed by atoms with Crippen LogP contribution in [0.3, 0.4) is 0 Å². The number of aromatic amines is 2. The molecule has 13 heteroatoms. The summed E-state index contributed by atoms with van der Waals surface area (Å²) in [6.07, 6.45) is 1.79. The number of nitrogens with zero attached hydrogens (tertiary/aromatic N) is 1. The summed E-state index contributed by atoms with van der Waals surface area (Å²) in [5.74, 6) is -2.80. The summed E-state index contributed by atoms with van der Waals surface area (Å²) in [4.78, 5) is 59.6. The molecule has 6 rings (SSSR count). The van der Waals surface area contributed by atoms with E-state index in [4.69, 9.17) is 20.9 Å². The van der Waals surface area contributed by atoms with Crippen molar-refractivity contribution in [2.24, 2.45) is 23.3 Å². The molecule has 278 valence electrons. The van der Waals surface area contributed by atoms with Crippen LogP contribution in [0.5, 0.6) is 0 Å². The first-order valence-electron chi connectivity index (χ1n) is 18.1. The van der Waals surface area contributed by atoms with E-state index in [1.54, 1.807) is 17.0 Å². The van der Waals surface area contributed by atoms with Gasteiger partial charge in [-0.15, -0.1) is 0 Å². The second kappa shape index (κ2) is 15.2. The molecule has 0 spiro atoms. The highest BCUT2D eigenvalue weighted by molar-refractivity contribution is 5.96. The van der Waals surface area contributed by atoms with E-state index in [0.29, 0.717) is 67.4 Å². The van der Waals surface area contributed by atoms with Crippen LogP contribution < -0.4 is 11.5 Å². The Morgan fingerprint density at radius 1 is 0.788 bits per heavy atom. The maximum Gasteiger partial charge on any atom is 0.302 e. The predicted molar refractivity (Wildman–Crippen MR) is 192 cm³/mol. The van der Waals surface area contributed by atoms with Crippen LogP contribution in [0.1, 0.15) is 70.9 Å². The van der Waals surface area contributed by atoms with Crippen molar-refractivity contribution in [2.75, 3.05) is 6.54 Å². The SMILES string of the molecule is CC[C@H](N)C(=O)C1C[C@@H](OC(C)=O)CC1Cc1c(-c2[nH]c3cc(F)ccc3c2C[C@@H]2C[C@H](OC(C)=O)CN2C(=O)[C@@H](N)CC)[nH]c2cc(F)ccc12. The van der Waals surface area contributed by atoms with Gasteiger partial charge in [0.25, 0.3) is 0 Å². The number of esters is 2. The van der Waals surface area contributed by atoms with Gasteiger partial charge >= 0.3 is 11.9 Å². The molecule has 2 aliphatic rings. The van der Waals surface area contributed by atoms with Crippen molar-refractivity contribution in [3.63, 3.8) is 0 Å². The number of Topliss-reactive ketones (excluding diaryl/α,β-unsaturated/α-hetero) is 1. The van der Waals surface area contributed by atoms with Crippen LogP contribution in [0.15, 0.2) is 36.4 Å². The molecule has 1 saturated heterocycles. The molecule has 3 heterocycles. The van der Waals surface area contributed by atoms with Crippen molar-refractivity contribution in [3.05, 3.63) is 59.2 Å². The minimum absolute atomic E-state index is 0.0880. The van der Waals surface area contributed by atoms with Gasteiger partial charge in [0.15, 0.2) is 5.78 Å². The number of ether oxygens (including phenoxy) is 2. The van der Waals surface area contributed by atoms with E-state index >= 15 is 0 Å². The number of carbonyl (C=O) groups excluding carboxylic acids is 4. The average molecular weight is 720 g/mol. The Kier molecular flexibility index (Phi) is 10.8. The third kappa shape index (κ3) is 7.47. The van der Waals surface area contributed by atoms with Crippen LogP contribution in [-0.4, -0.2) is 75.4 Å². The first-order valence-corrected chi connectivity index (χ1v) is 18.1. The summed E-state index contributed by atoms with van der Waals surface area (Å²) in [7, 11) is 0. The maximum atomic E-state index is 14.7. The molecule has 0 radical (unpaired) electrons. The number of carbonyl (C=O) groups is 4. The number of amides is 1. The Morgan fingerprint density at radius 3 is 1.87 bits per heavy atom. The lowest BCUT2D eigenvalue weighted by Crippen LogP contribution is -2.46. The van der Waals surface area contributed by atoms with Gasteiger partial charge in [0, 0.05) is 54.0 Å². The number of nitrogens with two attached hydrogens (primary N) is 2. The predicted octanol–water partition coefficient (Wildman–Crippen LogP) is 5.21. The van der Waals surface area contributed by atoms with Crippen molar-refractivity contribution in [3.8, 4) is 11.4 Å². The lowest BCUT2D eigenvalue weighted by atomic mass is 9.83. The average Bonchev–Trinajstić information content (AvgIpc) is 3.86. The van der Waals surface area contributed by atoms with Gasteiger partial charge in [0.2, 0.25) is 5.91 Å². The number of aromatic nitrogens is 2. The zero-order valence-corrected chi connectivity index (χ0v) is 30.0. The van der Waals surface area contributed by atoms with Crippen LogP contribution in [0, 0.1) is 23.5 Å². The highest BCUT2D eigenvalue weighted by Gasteiger charge is 2.43. The van der Waals surface area contributed by atoms with Gasteiger partial charge in [-0.1, -0.05) is 13.8 Å². The zero-order valence-electron chi connectivity index (χ0n) is 30.0. The van der Waals surface area contributed by atoms with Gasteiger partial charge in [-0.05, 0) is 92.0 Å². The number of fused-ring (bicyclic) bond motifs is 2. The number of benzene rings is 2. The van der Waals surface area contributed by atoms with E-state index in [0.717, 1.165) is 21.9 Å². The number of H-pyrrole nitrogens is 2. The van der Waals surface area contributed by atoms with E-state index in [2.05, 4.69) is 9.97 Å². The maximum absolute atomic E-state index is 14.7. The second-order valence-corrected chi connectivity index (χ2v) is 14.4. The van der Waals surface area contributed by atoms with Crippen LogP contribution in [0.25, 0.3) is 33.2 Å². The fourth-order valence-corrected chi connectivity index (χ4v) is 8.30. The number of hydrogen-bond acceptors (Lipinski definition) is 8. The standard InChI is InChI=1S/C39H47F2N5O6/c1-5-32(42)38(49)29-17-25(51-19(3)47)11-21(29)12-30-27-9-7-22(40)13-34(27)44-36(30)37-31(28-10-8-23(41)14-35(28)45-37)16-24-15-26(52-20(4)48)18-46(24)39(50)33(43)6-2/h7-10,13-14,21,24-26,29,32-33,44-45H,5-6,11-12,15-18,42-43H2,1-4H3/t21?,24-,25-,26-,29?,32-,33-/m0/s1. The quantitative estimate of drug-likeness (QED) is 0.144. The third-order valence-corrected chi connectivity index (χ3v) is 10.8. The van der Waals surface area contributed by atoms with Crippen molar-refractivity contribution in [1.82, 2.24) is 14.9 Å². The molecule has 2 aromatic heterocycles. The summed E-state index contributed by atoms with van der Waals surface area (Å²) >= 11 is 0. The Bertz CT molecular complexity index is 1870. The van der Waals surface area contributed by atoms with E-state index in [-0.39, 0.29) is 24.2 Å². The third-order valence-electron chi connectivity index (χ3n) is 10.8.